The first-order valence-electron chi connectivity index (χ1n) is 8.33. The van der Waals surface area contributed by atoms with E-state index in [9.17, 15) is 14.0 Å². The lowest BCUT2D eigenvalue weighted by atomic mass is 10.2. The Morgan fingerprint density at radius 1 is 1.52 bits per heavy atom. The highest BCUT2D eigenvalue weighted by molar-refractivity contribution is 8.00. The number of halogens is 2. The Kier molecular flexibility index (Phi) is 7.88. The summed E-state index contributed by atoms with van der Waals surface area (Å²) in [7, 11) is 3.17. The molecule has 0 fully saturated rings. The number of rotatable bonds is 9. The Labute approximate surface area is 165 Å². The minimum Gasteiger partial charge on any atom is -0.385 e. The van der Waals surface area contributed by atoms with Crippen LogP contribution >= 0.6 is 23.4 Å². The van der Waals surface area contributed by atoms with Gasteiger partial charge in [0.1, 0.15) is 5.82 Å². The van der Waals surface area contributed by atoms with E-state index in [-0.39, 0.29) is 28.7 Å². The highest BCUT2D eigenvalue weighted by Gasteiger charge is 2.23. The number of nitrogens with one attached hydrogen (secondary N) is 1. The van der Waals surface area contributed by atoms with Crippen molar-refractivity contribution in [1.82, 2.24) is 19.7 Å². The fourth-order valence-electron chi connectivity index (χ4n) is 2.47. The van der Waals surface area contributed by atoms with Crippen LogP contribution in [0.2, 0.25) is 5.02 Å². The van der Waals surface area contributed by atoms with Crippen LogP contribution in [0.5, 0.6) is 0 Å². The quantitative estimate of drug-likeness (QED) is 0.502. The number of amides is 1. The maximum absolute atomic E-state index is 13.9. The van der Waals surface area contributed by atoms with E-state index in [1.165, 1.54) is 33.4 Å². The summed E-state index contributed by atoms with van der Waals surface area (Å²) in [5.74, 6) is -0.681. The molecule has 7 nitrogen and oxygen atoms in total. The molecular weight excluding hydrogens is 395 g/mol. The number of hydrogen-bond donors (Lipinski definition) is 1. The van der Waals surface area contributed by atoms with Gasteiger partial charge in [-0.15, -0.1) is 5.10 Å². The predicted molar refractivity (Wildman–Crippen MR) is 103 cm³/mol. The molecule has 1 N–H and O–H groups in total. The van der Waals surface area contributed by atoms with Crippen molar-refractivity contribution in [2.45, 2.75) is 36.8 Å². The van der Waals surface area contributed by atoms with Gasteiger partial charge in [-0.2, -0.15) is 0 Å². The van der Waals surface area contributed by atoms with Gasteiger partial charge in [-0.3, -0.25) is 9.36 Å². The highest BCUT2D eigenvalue weighted by atomic mass is 35.5. The summed E-state index contributed by atoms with van der Waals surface area (Å²) in [5, 5.41) is 6.56. The van der Waals surface area contributed by atoms with Crippen LogP contribution in [-0.2, 0) is 22.6 Å². The first kappa shape index (κ1) is 21.5. The molecule has 10 heteroatoms. The van der Waals surface area contributed by atoms with E-state index in [4.69, 9.17) is 16.3 Å². The number of thioether (sulfide) groups is 1. The molecule has 2 aromatic rings. The second-order valence-electron chi connectivity index (χ2n) is 5.96. The number of ether oxygens (including phenoxy) is 1. The number of carbonyl (C=O) groups is 1. The van der Waals surface area contributed by atoms with E-state index >= 15 is 0 Å². The summed E-state index contributed by atoms with van der Waals surface area (Å²) in [6.07, 6.45) is 0.650. The molecule has 1 amide bonds. The summed E-state index contributed by atoms with van der Waals surface area (Å²) in [6.45, 7) is 2.72. The van der Waals surface area contributed by atoms with E-state index in [0.29, 0.717) is 24.7 Å². The van der Waals surface area contributed by atoms with Gasteiger partial charge in [0.15, 0.2) is 5.16 Å². The van der Waals surface area contributed by atoms with E-state index in [2.05, 4.69) is 10.2 Å². The average Bonchev–Trinajstić information content (AvgIpc) is 2.97. The van der Waals surface area contributed by atoms with E-state index in [1.807, 2.05) is 0 Å². The number of methoxy groups -OCH3 is 1. The molecular formula is C17H22ClFN4O3S. The van der Waals surface area contributed by atoms with Crippen LogP contribution in [0.25, 0.3) is 0 Å². The van der Waals surface area contributed by atoms with Gasteiger partial charge in [0.2, 0.25) is 5.91 Å². The number of aromatic nitrogens is 3. The Balaban J connectivity index is 2.04. The fourth-order valence-corrected chi connectivity index (χ4v) is 3.69. The average molecular weight is 417 g/mol. The minimum absolute atomic E-state index is 0.0520. The Morgan fingerprint density at radius 2 is 2.26 bits per heavy atom. The molecule has 0 aliphatic rings. The van der Waals surface area contributed by atoms with Crippen LogP contribution in [0.15, 0.2) is 28.2 Å². The van der Waals surface area contributed by atoms with Crippen molar-refractivity contribution >= 4 is 29.3 Å². The third kappa shape index (κ3) is 5.57. The number of aromatic amines is 1. The monoisotopic (exact) mass is 416 g/mol. The minimum atomic E-state index is -0.517. The standard InChI is InChI=1S/C17H22ClFN4O3S/c1-11(27-17-21-20-16(25)23(17)8-5-9-26-3)15(24)22(2)10-12-13(18)6-4-7-14(12)19/h4,6-7,11H,5,8-10H2,1-3H3,(H,20,25). The first-order chi connectivity index (χ1) is 12.8. The van der Waals surface area contributed by atoms with Crippen LogP contribution in [0.1, 0.15) is 18.9 Å². The Hall–Kier alpha value is -1.84. The predicted octanol–water partition coefficient (Wildman–Crippen LogP) is 2.54. The van der Waals surface area contributed by atoms with E-state index < -0.39 is 11.1 Å². The Morgan fingerprint density at radius 3 is 2.93 bits per heavy atom. The van der Waals surface area contributed by atoms with Gasteiger partial charge >= 0.3 is 5.69 Å². The molecule has 0 spiro atoms. The van der Waals surface area contributed by atoms with E-state index in [1.54, 1.807) is 27.1 Å². The van der Waals surface area contributed by atoms with Crippen molar-refractivity contribution in [2.75, 3.05) is 20.8 Å². The zero-order chi connectivity index (χ0) is 20.0. The fraction of sp³-hybridized carbons (Fsp3) is 0.471. The number of H-pyrrole nitrogens is 1. The maximum Gasteiger partial charge on any atom is 0.343 e. The smallest absolute Gasteiger partial charge is 0.343 e. The van der Waals surface area contributed by atoms with Gasteiger partial charge in [-0.25, -0.2) is 14.3 Å². The van der Waals surface area contributed by atoms with Crippen molar-refractivity contribution in [3.63, 3.8) is 0 Å². The van der Waals surface area contributed by atoms with E-state index in [0.717, 1.165) is 0 Å². The van der Waals surface area contributed by atoms with Crippen molar-refractivity contribution in [1.29, 1.82) is 0 Å². The number of carbonyl (C=O) groups excluding carboxylic acids is 1. The molecule has 0 saturated carbocycles. The molecule has 0 aliphatic heterocycles. The van der Waals surface area contributed by atoms with Crippen LogP contribution in [0.4, 0.5) is 4.39 Å². The topological polar surface area (TPSA) is 80.2 Å². The van der Waals surface area contributed by atoms with Crippen molar-refractivity contribution in [2.24, 2.45) is 0 Å². The molecule has 2 rings (SSSR count). The molecule has 1 atom stereocenters. The van der Waals surface area contributed by atoms with Crippen LogP contribution in [0.3, 0.4) is 0 Å². The van der Waals surface area contributed by atoms with Crippen LogP contribution < -0.4 is 5.69 Å². The molecule has 0 radical (unpaired) electrons. The van der Waals surface area contributed by atoms with Crippen molar-refractivity contribution in [3.05, 3.63) is 45.1 Å². The summed E-state index contributed by atoms with van der Waals surface area (Å²) in [6, 6.07) is 4.40. The lowest BCUT2D eigenvalue weighted by molar-refractivity contribution is -0.129. The summed E-state index contributed by atoms with van der Waals surface area (Å²) >= 11 is 7.19. The largest absolute Gasteiger partial charge is 0.385 e. The molecule has 1 heterocycles. The number of benzene rings is 1. The molecule has 1 aromatic carbocycles. The van der Waals surface area contributed by atoms with Crippen molar-refractivity contribution < 1.29 is 13.9 Å². The molecule has 148 valence electrons. The molecule has 0 saturated heterocycles. The van der Waals surface area contributed by atoms with Crippen molar-refractivity contribution in [3.8, 4) is 0 Å². The molecule has 1 unspecified atom stereocenters. The Bertz CT molecular complexity index is 822. The SMILES string of the molecule is COCCCn1c(SC(C)C(=O)N(C)Cc2c(F)cccc2Cl)n[nH]c1=O. The van der Waals surface area contributed by atoms with Gasteiger partial charge in [-0.05, 0) is 25.5 Å². The number of hydrogen-bond acceptors (Lipinski definition) is 5. The first-order valence-corrected chi connectivity index (χ1v) is 9.59. The second kappa shape index (κ2) is 9.91. The summed E-state index contributed by atoms with van der Waals surface area (Å²) in [5.41, 5.74) is -0.0665. The number of nitrogens with zero attached hydrogens (tertiary/aromatic N) is 3. The normalized spacial score (nSPS) is 12.2. The van der Waals surface area contributed by atoms with Gasteiger partial charge in [0, 0.05) is 44.4 Å². The van der Waals surface area contributed by atoms with Gasteiger partial charge in [-0.1, -0.05) is 29.4 Å². The van der Waals surface area contributed by atoms with Gasteiger partial charge in [0.25, 0.3) is 0 Å². The van der Waals surface area contributed by atoms with Gasteiger partial charge < -0.3 is 9.64 Å². The van der Waals surface area contributed by atoms with Crippen LogP contribution in [-0.4, -0.2) is 51.6 Å². The zero-order valence-corrected chi connectivity index (χ0v) is 16.9. The summed E-state index contributed by atoms with van der Waals surface area (Å²) in [4.78, 5) is 25.9. The third-order valence-electron chi connectivity index (χ3n) is 3.92. The highest BCUT2D eigenvalue weighted by Crippen LogP contribution is 2.24. The maximum atomic E-state index is 13.9. The van der Waals surface area contributed by atoms with Gasteiger partial charge in [0.05, 0.1) is 5.25 Å². The lowest BCUT2D eigenvalue weighted by Gasteiger charge is -2.21. The molecule has 0 bridgehead atoms. The lowest BCUT2D eigenvalue weighted by Crippen LogP contribution is -2.33. The molecule has 1 aromatic heterocycles. The van der Waals surface area contributed by atoms with Crippen LogP contribution in [0, 0.1) is 5.82 Å². The second-order valence-corrected chi connectivity index (χ2v) is 7.68. The molecule has 0 aliphatic carbocycles. The zero-order valence-electron chi connectivity index (χ0n) is 15.4. The molecule has 27 heavy (non-hydrogen) atoms. The third-order valence-corrected chi connectivity index (χ3v) is 5.35. The summed E-state index contributed by atoms with van der Waals surface area (Å²) < 4.78 is 20.4.